The first kappa shape index (κ1) is 16.7. The monoisotopic (exact) mass is 349 g/mol. The average molecular weight is 349 g/mol. The summed E-state index contributed by atoms with van der Waals surface area (Å²) < 4.78 is 4.20. The molecule has 1 aromatic carbocycles. The lowest BCUT2D eigenvalue weighted by Crippen LogP contribution is -2.47. The molecule has 0 spiro atoms. The number of benzene rings is 1. The van der Waals surface area contributed by atoms with Gasteiger partial charge in [0.1, 0.15) is 5.82 Å². The minimum absolute atomic E-state index is 0.00279. The maximum atomic E-state index is 10.8. The van der Waals surface area contributed by atoms with Crippen LogP contribution in [0.4, 0.5) is 10.8 Å². The molecule has 1 aliphatic heterocycles. The molecule has 0 amide bonds. The molecule has 24 heavy (non-hydrogen) atoms. The maximum Gasteiger partial charge on any atom is 0.269 e. The number of nitro benzene ring substituents is 1. The van der Waals surface area contributed by atoms with Crippen LogP contribution in [0, 0.1) is 17.0 Å². The zero-order chi connectivity index (χ0) is 17.1. The van der Waals surface area contributed by atoms with E-state index in [0.717, 1.165) is 37.1 Å². The fraction of sp³-hybridized carbons (Fsp3) is 0.467. The molecule has 3 rings (SSSR count). The second kappa shape index (κ2) is 7.20. The summed E-state index contributed by atoms with van der Waals surface area (Å²) >= 11 is 1.41. The predicted octanol–water partition coefficient (Wildman–Crippen LogP) is 1.61. The van der Waals surface area contributed by atoms with Gasteiger partial charge in [0.2, 0.25) is 5.13 Å². The number of aliphatic hydroxyl groups is 1. The summed E-state index contributed by atoms with van der Waals surface area (Å²) in [6.45, 7) is 5.62. The number of aromatic nitrogens is 2. The van der Waals surface area contributed by atoms with E-state index in [1.165, 1.54) is 23.7 Å². The molecule has 8 nitrogen and oxygen atoms in total. The standard InChI is InChI=1S/C15H19N5O3S/c1-11-16-15(24-17-11)19-7-5-18(6-8-19)10-14(21)12-3-2-4-13(9-12)20(22)23/h2-4,9,14,21H,5-8,10H2,1H3. The summed E-state index contributed by atoms with van der Waals surface area (Å²) in [5.74, 6) is 0.790. The Labute approximate surface area is 143 Å². The lowest BCUT2D eigenvalue weighted by atomic mass is 10.1. The number of nitrogens with zero attached hydrogens (tertiary/aromatic N) is 5. The van der Waals surface area contributed by atoms with Gasteiger partial charge in [-0.2, -0.15) is 4.37 Å². The molecule has 1 atom stereocenters. The van der Waals surface area contributed by atoms with E-state index in [1.54, 1.807) is 12.1 Å². The van der Waals surface area contributed by atoms with Crippen molar-refractivity contribution in [2.45, 2.75) is 13.0 Å². The lowest BCUT2D eigenvalue weighted by Gasteiger charge is -2.35. The largest absolute Gasteiger partial charge is 0.387 e. The Hall–Kier alpha value is -2.10. The van der Waals surface area contributed by atoms with Crippen molar-refractivity contribution in [3.8, 4) is 0 Å². The van der Waals surface area contributed by atoms with Crippen LogP contribution in [0.3, 0.4) is 0 Å². The number of piperazine rings is 1. The van der Waals surface area contributed by atoms with Crippen LogP contribution >= 0.6 is 11.5 Å². The molecule has 0 saturated carbocycles. The van der Waals surface area contributed by atoms with Gasteiger partial charge in [0.05, 0.1) is 11.0 Å². The number of hydrogen-bond donors (Lipinski definition) is 1. The second-order valence-corrected chi connectivity index (χ2v) is 6.51. The molecule has 1 aliphatic rings. The van der Waals surface area contributed by atoms with E-state index in [9.17, 15) is 15.2 Å². The Kier molecular flexibility index (Phi) is 5.03. The third kappa shape index (κ3) is 3.86. The number of aryl methyl sites for hydroxylation is 1. The van der Waals surface area contributed by atoms with Crippen molar-refractivity contribution in [3.63, 3.8) is 0 Å². The fourth-order valence-electron chi connectivity index (χ4n) is 2.73. The van der Waals surface area contributed by atoms with Gasteiger partial charge in [-0.15, -0.1) is 0 Å². The third-order valence-corrected chi connectivity index (χ3v) is 4.92. The molecule has 1 aromatic heterocycles. The van der Waals surface area contributed by atoms with E-state index in [0.29, 0.717) is 12.1 Å². The van der Waals surface area contributed by atoms with Crippen molar-refractivity contribution >= 4 is 22.4 Å². The van der Waals surface area contributed by atoms with Crippen molar-refractivity contribution in [1.82, 2.24) is 14.3 Å². The van der Waals surface area contributed by atoms with E-state index >= 15 is 0 Å². The fourth-order valence-corrected chi connectivity index (χ4v) is 3.46. The number of non-ortho nitro benzene ring substituents is 1. The van der Waals surface area contributed by atoms with Crippen LogP contribution in [0.25, 0.3) is 0 Å². The van der Waals surface area contributed by atoms with Crippen molar-refractivity contribution in [1.29, 1.82) is 0 Å². The summed E-state index contributed by atoms with van der Waals surface area (Å²) in [7, 11) is 0. The molecular weight excluding hydrogens is 330 g/mol. The molecule has 1 fully saturated rings. The highest BCUT2D eigenvalue weighted by atomic mass is 32.1. The Morgan fingerprint density at radius 2 is 2.12 bits per heavy atom. The molecule has 1 saturated heterocycles. The summed E-state index contributed by atoms with van der Waals surface area (Å²) in [5, 5.41) is 22.1. The van der Waals surface area contributed by atoms with Gasteiger partial charge in [-0.05, 0) is 12.5 Å². The van der Waals surface area contributed by atoms with Gasteiger partial charge >= 0.3 is 0 Å². The van der Waals surface area contributed by atoms with E-state index in [-0.39, 0.29) is 5.69 Å². The van der Waals surface area contributed by atoms with Crippen LogP contribution in [-0.2, 0) is 0 Å². The summed E-state index contributed by atoms with van der Waals surface area (Å²) in [6.07, 6.45) is -0.736. The zero-order valence-electron chi connectivity index (χ0n) is 13.3. The third-order valence-electron chi connectivity index (χ3n) is 4.06. The molecule has 9 heteroatoms. The number of anilines is 1. The topological polar surface area (TPSA) is 95.6 Å². The number of β-amino-alcohol motifs (C(OH)–C–C–N with tert-alkyl or cyclic N) is 1. The number of aliphatic hydroxyl groups excluding tert-OH is 1. The summed E-state index contributed by atoms with van der Waals surface area (Å²) in [4.78, 5) is 19.1. The molecule has 0 radical (unpaired) electrons. The smallest absolute Gasteiger partial charge is 0.269 e. The molecule has 2 aromatic rings. The van der Waals surface area contributed by atoms with Gasteiger partial charge in [0.15, 0.2) is 0 Å². The van der Waals surface area contributed by atoms with Crippen LogP contribution in [0.15, 0.2) is 24.3 Å². The minimum atomic E-state index is -0.736. The highest BCUT2D eigenvalue weighted by Gasteiger charge is 2.22. The molecular formula is C15H19N5O3S. The van der Waals surface area contributed by atoms with Gasteiger partial charge in [-0.3, -0.25) is 15.0 Å². The van der Waals surface area contributed by atoms with E-state index in [4.69, 9.17) is 0 Å². The normalized spacial score (nSPS) is 17.0. The Balaban J connectivity index is 1.55. The van der Waals surface area contributed by atoms with Crippen LogP contribution in [0.2, 0.25) is 0 Å². The Morgan fingerprint density at radius 1 is 1.38 bits per heavy atom. The lowest BCUT2D eigenvalue weighted by molar-refractivity contribution is -0.385. The average Bonchev–Trinajstić information content (AvgIpc) is 3.02. The van der Waals surface area contributed by atoms with E-state index < -0.39 is 11.0 Å². The zero-order valence-corrected chi connectivity index (χ0v) is 14.1. The molecule has 0 bridgehead atoms. The molecule has 1 unspecified atom stereocenters. The first-order valence-corrected chi connectivity index (χ1v) is 8.50. The van der Waals surface area contributed by atoms with Gasteiger partial charge in [-0.25, -0.2) is 4.98 Å². The predicted molar refractivity (Wildman–Crippen MR) is 91.4 cm³/mol. The molecule has 2 heterocycles. The number of rotatable bonds is 5. The summed E-state index contributed by atoms with van der Waals surface area (Å²) in [5.41, 5.74) is 0.578. The van der Waals surface area contributed by atoms with Crippen molar-refractivity contribution < 1.29 is 10.0 Å². The summed E-state index contributed by atoms with van der Waals surface area (Å²) in [6, 6.07) is 6.19. The van der Waals surface area contributed by atoms with Gasteiger partial charge in [0.25, 0.3) is 5.69 Å². The Bertz CT molecular complexity index is 715. The van der Waals surface area contributed by atoms with Crippen molar-refractivity contribution in [2.24, 2.45) is 0 Å². The number of nitro groups is 1. The quantitative estimate of drug-likeness (QED) is 0.647. The van der Waals surface area contributed by atoms with Crippen LogP contribution in [0.5, 0.6) is 0 Å². The van der Waals surface area contributed by atoms with Gasteiger partial charge < -0.3 is 10.0 Å². The highest BCUT2D eigenvalue weighted by Crippen LogP contribution is 2.22. The SMILES string of the molecule is Cc1nsc(N2CCN(CC(O)c3cccc([N+](=O)[O-])c3)CC2)n1. The van der Waals surface area contributed by atoms with Crippen LogP contribution < -0.4 is 4.90 Å². The van der Waals surface area contributed by atoms with Crippen molar-refractivity contribution in [2.75, 3.05) is 37.6 Å². The van der Waals surface area contributed by atoms with E-state index in [2.05, 4.69) is 19.2 Å². The highest BCUT2D eigenvalue weighted by molar-refractivity contribution is 7.09. The van der Waals surface area contributed by atoms with Crippen molar-refractivity contribution in [3.05, 3.63) is 45.8 Å². The molecule has 1 N–H and O–H groups in total. The Morgan fingerprint density at radius 3 is 2.75 bits per heavy atom. The minimum Gasteiger partial charge on any atom is -0.387 e. The first-order valence-electron chi connectivity index (χ1n) is 7.73. The number of hydrogen-bond acceptors (Lipinski definition) is 8. The van der Waals surface area contributed by atoms with Crippen LogP contribution in [0.1, 0.15) is 17.5 Å². The van der Waals surface area contributed by atoms with Gasteiger partial charge in [0, 0.05) is 56.4 Å². The molecule has 128 valence electrons. The first-order chi connectivity index (χ1) is 11.5. The molecule has 0 aliphatic carbocycles. The maximum absolute atomic E-state index is 10.8. The van der Waals surface area contributed by atoms with Gasteiger partial charge in [-0.1, -0.05) is 12.1 Å². The second-order valence-electron chi connectivity index (χ2n) is 5.78. The van der Waals surface area contributed by atoms with Crippen LogP contribution in [-0.4, -0.2) is 57.0 Å². The van der Waals surface area contributed by atoms with E-state index in [1.807, 2.05) is 6.92 Å².